The Morgan fingerprint density at radius 2 is 1.74 bits per heavy atom. The number of para-hydroxylation sites is 1. The normalized spacial score (nSPS) is 15.9. The Hall–Kier alpha value is -3.28. The van der Waals surface area contributed by atoms with Crippen LogP contribution in [-0.2, 0) is 9.59 Å². The quantitative estimate of drug-likeness (QED) is 0.886. The first kappa shape index (κ1) is 14.6. The summed E-state index contributed by atoms with van der Waals surface area (Å²) in [5, 5.41) is 14.2. The fourth-order valence-corrected chi connectivity index (χ4v) is 2.17. The van der Waals surface area contributed by atoms with Gasteiger partial charge >= 0.3 is 5.97 Å². The molecule has 0 bridgehead atoms. The molecule has 3 rings (SSSR count). The van der Waals surface area contributed by atoms with Crippen molar-refractivity contribution in [1.29, 1.82) is 0 Å². The van der Waals surface area contributed by atoms with Crippen molar-refractivity contribution in [3.05, 3.63) is 71.6 Å². The molecule has 5 nitrogen and oxygen atoms in total. The average Bonchev–Trinajstić information content (AvgIpc) is 2.88. The molecule has 0 aliphatic carbocycles. The maximum Gasteiger partial charge on any atom is 0.357 e. The number of halogens is 1. The van der Waals surface area contributed by atoms with Gasteiger partial charge in [0.05, 0.1) is 11.3 Å². The second-order valence-electron chi connectivity index (χ2n) is 4.82. The molecule has 1 amide bonds. The second kappa shape index (κ2) is 5.84. The molecule has 0 saturated carbocycles. The van der Waals surface area contributed by atoms with Crippen LogP contribution in [-0.4, -0.2) is 22.7 Å². The number of hydrogen-bond acceptors (Lipinski definition) is 3. The van der Waals surface area contributed by atoms with Gasteiger partial charge in [-0.05, 0) is 35.9 Å². The van der Waals surface area contributed by atoms with Crippen LogP contribution in [0.3, 0.4) is 0 Å². The van der Waals surface area contributed by atoms with Crippen LogP contribution in [0.1, 0.15) is 5.56 Å². The molecule has 0 fully saturated rings. The zero-order chi connectivity index (χ0) is 16.4. The Kier molecular flexibility index (Phi) is 3.72. The van der Waals surface area contributed by atoms with E-state index in [0.717, 1.165) is 5.01 Å². The van der Waals surface area contributed by atoms with Crippen molar-refractivity contribution in [1.82, 2.24) is 0 Å². The highest BCUT2D eigenvalue weighted by Crippen LogP contribution is 2.25. The van der Waals surface area contributed by atoms with Gasteiger partial charge in [-0.3, -0.25) is 4.79 Å². The molecular weight excluding hydrogens is 299 g/mol. The number of anilines is 1. The van der Waals surface area contributed by atoms with Crippen LogP contribution in [0.4, 0.5) is 10.1 Å². The van der Waals surface area contributed by atoms with Crippen LogP contribution < -0.4 is 5.01 Å². The number of nitrogens with zero attached hydrogens (tertiary/aromatic N) is 2. The number of carbonyl (C=O) groups excluding carboxylic acids is 1. The van der Waals surface area contributed by atoms with E-state index < -0.39 is 17.7 Å². The van der Waals surface area contributed by atoms with E-state index in [0.29, 0.717) is 11.3 Å². The number of hydrazone groups is 1. The minimum atomic E-state index is -1.30. The van der Waals surface area contributed by atoms with Crippen molar-refractivity contribution in [3.8, 4) is 0 Å². The maximum absolute atomic E-state index is 13.0. The van der Waals surface area contributed by atoms with E-state index in [4.69, 9.17) is 0 Å². The molecular formula is C17H11FN2O3. The molecule has 0 radical (unpaired) electrons. The molecule has 0 spiro atoms. The van der Waals surface area contributed by atoms with Crippen molar-refractivity contribution in [3.63, 3.8) is 0 Å². The summed E-state index contributed by atoms with van der Waals surface area (Å²) in [5.74, 6) is -2.26. The Morgan fingerprint density at radius 1 is 1.09 bits per heavy atom. The standard InChI is InChI=1S/C17H11FN2O3/c18-12-8-6-11(7-9-12)10-14-15(17(22)23)19-20(16(14)21)13-4-2-1-3-5-13/h1-10H,(H,22,23). The van der Waals surface area contributed by atoms with Crippen molar-refractivity contribution in [2.75, 3.05) is 5.01 Å². The summed E-state index contributed by atoms with van der Waals surface area (Å²) in [7, 11) is 0. The SMILES string of the molecule is O=C(O)C1=NN(c2ccccc2)C(=O)C1=Cc1ccc(F)cc1. The lowest BCUT2D eigenvalue weighted by Crippen LogP contribution is -2.22. The average molecular weight is 310 g/mol. The molecule has 0 unspecified atom stereocenters. The van der Waals surface area contributed by atoms with Gasteiger partial charge in [-0.15, -0.1) is 0 Å². The molecule has 1 N–H and O–H groups in total. The van der Waals surface area contributed by atoms with Crippen molar-refractivity contribution < 1.29 is 19.1 Å². The molecule has 1 aliphatic rings. The minimum Gasteiger partial charge on any atom is -0.476 e. The molecule has 0 saturated heterocycles. The maximum atomic E-state index is 13.0. The monoisotopic (exact) mass is 310 g/mol. The predicted molar refractivity (Wildman–Crippen MR) is 83.4 cm³/mol. The lowest BCUT2D eigenvalue weighted by atomic mass is 10.1. The third kappa shape index (κ3) is 2.87. The van der Waals surface area contributed by atoms with E-state index in [9.17, 15) is 19.1 Å². The van der Waals surface area contributed by atoms with Crippen molar-refractivity contribution in [2.24, 2.45) is 5.10 Å². The largest absolute Gasteiger partial charge is 0.476 e. The van der Waals surface area contributed by atoms with Gasteiger partial charge in [0.1, 0.15) is 5.82 Å². The van der Waals surface area contributed by atoms with Crippen LogP contribution in [0.5, 0.6) is 0 Å². The molecule has 0 aromatic heterocycles. The summed E-state index contributed by atoms with van der Waals surface area (Å²) < 4.78 is 13.0. The smallest absolute Gasteiger partial charge is 0.357 e. The van der Waals surface area contributed by atoms with Gasteiger partial charge in [0, 0.05) is 0 Å². The summed E-state index contributed by atoms with van der Waals surface area (Å²) in [5.41, 5.74) is 0.591. The van der Waals surface area contributed by atoms with Gasteiger partial charge in [0.2, 0.25) is 0 Å². The molecule has 2 aromatic rings. The van der Waals surface area contributed by atoms with Gasteiger partial charge in [-0.1, -0.05) is 30.3 Å². The molecule has 0 atom stereocenters. The second-order valence-corrected chi connectivity index (χ2v) is 4.82. The summed E-state index contributed by atoms with van der Waals surface area (Å²) in [6, 6.07) is 13.9. The number of carboxylic acids is 1. The van der Waals surface area contributed by atoms with Crippen LogP contribution in [0.15, 0.2) is 65.3 Å². The fourth-order valence-electron chi connectivity index (χ4n) is 2.17. The zero-order valence-electron chi connectivity index (χ0n) is 11.8. The number of hydrogen-bond donors (Lipinski definition) is 1. The summed E-state index contributed by atoms with van der Waals surface area (Å²) >= 11 is 0. The highest BCUT2D eigenvalue weighted by atomic mass is 19.1. The van der Waals surface area contributed by atoms with Crippen molar-refractivity contribution >= 4 is 29.4 Å². The molecule has 1 aliphatic heterocycles. The Labute approximate surface area is 131 Å². The van der Waals surface area contributed by atoms with Crippen LogP contribution in [0, 0.1) is 5.82 Å². The summed E-state index contributed by atoms with van der Waals surface area (Å²) in [6.45, 7) is 0. The van der Waals surface area contributed by atoms with E-state index in [1.165, 1.54) is 30.3 Å². The lowest BCUT2D eigenvalue weighted by Gasteiger charge is -2.10. The van der Waals surface area contributed by atoms with Crippen LogP contribution >= 0.6 is 0 Å². The van der Waals surface area contributed by atoms with Gasteiger partial charge in [0.25, 0.3) is 5.91 Å². The van der Waals surface area contributed by atoms with Crippen LogP contribution in [0.25, 0.3) is 6.08 Å². The number of benzene rings is 2. The number of carboxylic acid groups (broad SMARTS) is 1. The summed E-state index contributed by atoms with van der Waals surface area (Å²) in [6.07, 6.45) is 1.39. The van der Waals surface area contributed by atoms with Gasteiger partial charge < -0.3 is 5.11 Å². The first-order valence-corrected chi connectivity index (χ1v) is 6.75. The third-order valence-electron chi connectivity index (χ3n) is 3.26. The first-order chi connectivity index (χ1) is 11.1. The first-order valence-electron chi connectivity index (χ1n) is 6.75. The summed E-state index contributed by atoms with van der Waals surface area (Å²) in [4.78, 5) is 23.9. The highest BCUT2D eigenvalue weighted by Gasteiger charge is 2.34. The predicted octanol–water partition coefficient (Wildman–Crippen LogP) is 2.70. The number of aliphatic carboxylic acids is 1. The van der Waals surface area contributed by atoms with Crippen molar-refractivity contribution in [2.45, 2.75) is 0 Å². The molecule has 114 valence electrons. The Bertz CT molecular complexity index is 827. The third-order valence-corrected chi connectivity index (χ3v) is 3.26. The van der Waals surface area contributed by atoms with E-state index >= 15 is 0 Å². The number of rotatable bonds is 3. The van der Waals surface area contributed by atoms with E-state index in [1.54, 1.807) is 30.3 Å². The Balaban J connectivity index is 2.03. The molecule has 23 heavy (non-hydrogen) atoms. The van der Waals surface area contributed by atoms with Gasteiger partial charge in [-0.2, -0.15) is 10.1 Å². The van der Waals surface area contributed by atoms with E-state index in [-0.39, 0.29) is 11.3 Å². The van der Waals surface area contributed by atoms with Gasteiger partial charge in [-0.25, -0.2) is 9.18 Å². The van der Waals surface area contributed by atoms with Crippen LogP contribution in [0.2, 0.25) is 0 Å². The lowest BCUT2D eigenvalue weighted by molar-refractivity contribution is -0.129. The zero-order valence-corrected chi connectivity index (χ0v) is 11.8. The topological polar surface area (TPSA) is 70.0 Å². The number of carbonyl (C=O) groups is 2. The molecule has 1 heterocycles. The van der Waals surface area contributed by atoms with E-state index in [2.05, 4.69) is 5.10 Å². The van der Waals surface area contributed by atoms with E-state index in [1.807, 2.05) is 0 Å². The molecule has 2 aromatic carbocycles. The minimum absolute atomic E-state index is 0.0482. The fraction of sp³-hybridized carbons (Fsp3) is 0. The molecule has 6 heteroatoms. The number of amides is 1. The van der Waals surface area contributed by atoms with Gasteiger partial charge in [0.15, 0.2) is 5.71 Å². The Morgan fingerprint density at radius 3 is 2.35 bits per heavy atom. The highest BCUT2D eigenvalue weighted by molar-refractivity contribution is 6.53.